The number of hydrogen-bond donors (Lipinski definition) is 0. The Kier molecular flexibility index (Phi) is 7.40. The molecule has 64 heavy (non-hydrogen) atoms. The Bertz CT molecular complexity index is 3730. The monoisotopic (exact) mass is 860 g/mol. The first kappa shape index (κ1) is 36.7. The van der Waals surface area contributed by atoms with Gasteiger partial charge in [-0.2, -0.15) is 8.73 Å². The van der Waals surface area contributed by atoms with Gasteiger partial charge in [0, 0.05) is 67.7 Å². The molecule has 0 fully saturated rings. The maximum Gasteiger partial charge on any atom is 0.220 e. The van der Waals surface area contributed by atoms with Gasteiger partial charge in [-0.15, -0.1) is 11.3 Å². The summed E-state index contributed by atoms with van der Waals surface area (Å²) >= 11 is 1.91. The predicted octanol–water partition coefficient (Wildman–Crippen LogP) is 14.4. The number of aromatic nitrogens is 3. The second-order valence-electron chi connectivity index (χ2n) is 19.1. The Morgan fingerprint density at radius 2 is 1.23 bits per heavy atom. The lowest BCUT2D eigenvalue weighted by Crippen LogP contribution is -2.40. The number of hydrogen-bond acceptors (Lipinski definition) is 2. The Hall–Kier alpha value is -6.78. The number of fused-ring (bicyclic) bond motifs is 7. The van der Waals surface area contributed by atoms with Crippen molar-refractivity contribution in [1.82, 2.24) is 4.57 Å². The minimum Gasteiger partial charge on any atom is -0.309 e. The number of para-hydroxylation sites is 2. The zero-order valence-electron chi connectivity index (χ0n) is 36.3. The van der Waals surface area contributed by atoms with E-state index in [1.165, 1.54) is 121 Å². The van der Waals surface area contributed by atoms with Crippen LogP contribution in [0.15, 0.2) is 170 Å². The van der Waals surface area contributed by atoms with E-state index in [1.54, 1.807) is 0 Å². The highest BCUT2D eigenvalue weighted by Gasteiger charge is 2.44. The molecule has 4 nitrogen and oxygen atoms in total. The third-order valence-electron chi connectivity index (χ3n) is 15.0. The highest BCUT2D eigenvalue weighted by atomic mass is 32.1. The summed E-state index contributed by atoms with van der Waals surface area (Å²) in [5.41, 5.74) is 20.9. The number of nitrogens with zero attached hydrogens (tertiary/aromatic N) is 4. The molecule has 1 unspecified atom stereocenters. The van der Waals surface area contributed by atoms with Gasteiger partial charge in [0.2, 0.25) is 11.2 Å². The van der Waals surface area contributed by atoms with Gasteiger partial charge < -0.3 is 9.47 Å². The lowest BCUT2D eigenvalue weighted by atomic mass is 9.68. The molecule has 0 bridgehead atoms. The smallest absolute Gasteiger partial charge is 0.220 e. The van der Waals surface area contributed by atoms with Crippen molar-refractivity contribution in [2.24, 2.45) is 0 Å². The summed E-state index contributed by atoms with van der Waals surface area (Å²) in [5, 5.41) is 5.43. The van der Waals surface area contributed by atoms with E-state index in [0.29, 0.717) is 8.35 Å². The van der Waals surface area contributed by atoms with Crippen molar-refractivity contribution < 1.29 is 8.73 Å². The van der Waals surface area contributed by atoms with Gasteiger partial charge in [0.05, 0.1) is 44.2 Å². The zero-order chi connectivity index (χ0) is 42.6. The fraction of sp³-hybridized carbons (Fsp3) is 0.138. The molecule has 14 rings (SSSR count). The van der Waals surface area contributed by atoms with Crippen molar-refractivity contribution in [3.8, 4) is 37.8 Å². The summed E-state index contributed by atoms with van der Waals surface area (Å²) in [6.45, 7) is 10.7. The van der Waals surface area contributed by atoms with Crippen LogP contribution in [-0.4, -0.2) is 4.57 Å². The first-order valence-corrected chi connectivity index (χ1v) is 24.3. The average Bonchev–Trinajstić information content (AvgIpc) is 4.06. The van der Waals surface area contributed by atoms with Crippen LogP contribution in [0.3, 0.4) is 0 Å². The summed E-state index contributed by atoms with van der Waals surface area (Å²) in [6, 6.07) is 59.9. The van der Waals surface area contributed by atoms with Crippen LogP contribution >= 0.6 is 19.7 Å². The first-order valence-electron chi connectivity index (χ1n) is 22.5. The molecule has 0 radical (unpaired) electrons. The SMILES string of the molecule is CC1(C)c2cc(-c3ccc(-c4cccc(N(c5cccc6c5CC[n+]5ccccc5-6)c5cccc6c5[pH][n+]5ccccc65)c4)s3)cc3c2-n2c4c1cccc4c1cccc(c12)C3(C)C. The standard InChI is InChI=1S/C58H45N4PS/c1-57(2)43-20-10-17-40-41-18-11-21-44-54(41)62(53(40)43)55-45(57)33-36(34-46(55)58(44,3)4)52-27-26-51(64-52)35-14-9-15-37(32-35)61(50-25-13-19-42-48-23-6-8-30-60(48)63-56(42)50)49-24-12-16-38-39(49)28-31-59-29-7-5-22-47(38)59/h5-27,29-30,32-34,63H,28,31H2,1-4H3/q+2. The summed E-state index contributed by atoms with van der Waals surface area (Å²) < 4.78 is 7.44. The normalized spacial score (nSPS) is 15.1. The molecular weight excluding hydrogens is 816 g/mol. The molecule has 5 aromatic heterocycles. The van der Waals surface area contributed by atoms with Gasteiger partial charge in [0.25, 0.3) is 0 Å². The Morgan fingerprint density at radius 1 is 0.578 bits per heavy atom. The van der Waals surface area contributed by atoms with Crippen molar-refractivity contribution in [3.63, 3.8) is 0 Å². The molecule has 0 saturated heterocycles. The molecule has 11 aromatic rings. The largest absolute Gasteiger partial charge is 0.309 e. The zero-order valence-corrected chi connectivity index (χ0v) is 38.1. The van der Waals surface area contributed by atoms with Gasteiger partial charge in [-0.05, 0) is 112 Å². The van der Waals surface area contributed by atoms with Crippen LogP contribution < -0.4 is 13.6 Å². The molecular formula is C58H45N4PS+2. The Balaban J connectivity index is 0.931. The maximum atomic E-state index is 2.62. The van der Waals surface area contributed by atoms with E-state index < -0.39 is 0 Å². The number of benzene rings is 6. The molecule has 0 saturated carbocycles. The van der Waals surface area contributed by atoms with Crippen molar-refractivity contribution in [1.29, 1.82) is 0 Å². The van der Waals surface area contributed by atoms with Crippen LogP contribution in [0, 0.1) is 0 Å². The Labute approximate surface area is 378 Å². The molecule has 0 amide bonds. The number of anilines is 3. The van der Waals surface area contributed by atoms with Gasteiger partial charge in [-0.25, -0.2) is 0 Å². The molecule has 3 aliphatic heterocycles. The van der Waals surface area contributed by atoms with Gasteiger partial charge in [0.15, 0.2) is 18.9 Å². The summed E-state index contributed by atoms with van der Waals surface area (Å²) in [4.78, 5) is 5.14. The first-order chi connectivity index (χ1) is 31.3. The molecule has 306 valence electrons. The molecule has 8 heterocycles. The van der Waals surface area contributed by atoms with Crippen LogP contribution in [0.4, 0.5) is 17.1 Å². The van der Waals surface area contributed by atoms with Crippen molar-refractivity contribution in [2.75, 3.05) is 4.90 Å². The maximum absolute atomic E-state index is 2.62. The van der Waals surface area contributed by atoms with Crippen LogP contribution in [0.25, 0.3) is 75.7 Å². The third-order valence-corrected chi connectivity index (χ3v) is 17.5. The van der Waals surface area contributed by atoms with Crippen molar-refractivity contribution in [3.05, 3.63) is 198 Å². The quantitative estimate of drug-likeness (QED) is 0.158. The van der Waals surface area contributed by atoms with E-state index in [9.17, 15) is 0 Å². The second kappa shape index (κ2) is 12.9. The van der Waals surface area contributed by atoms with Gasteiger partial charge in [-0.3, -0.25) is 0 Å². The lowest BCUT2D eigenvalue weighted by Gasteiger charge is -2.42. The van der Waals surface area contributed by atoms with Gasteiger partial charge >= 0.3 is 0 Å². The molecule has 6 aromatic carbocycles. The highest BCUT2D eigenvalue weighted by molar-refractivity contribution is 7.30. The van der Waals surface area contributed by atoms with Crippen LogP contribution in [-0.2, 0) is 23.8 Å². The third kappa shape index (κ3) is 4.84. The fourth-order valence-corrected chi connectivity index (χ4v) is 14.2. The predicted molar refractivity (Wildman–Crippen MR) is 268 cm³/mol. The molecule has 1 atom stereocenters. The van der Waals surface area contributed by atoms with Crippen molar-refractivity contribution in [2.45, 2.75) is 51.5 Å². The lowest BCUT2D eigenvalue weighted by molar-refractivity contribution is -0.687. The van der Waals surface area contributed by atoms with Crippen molar-refractivity contribution >= 4 is 74.6 Å². The van der Waals surface area contributed by atoms with Crippen LogP contribution in [0.5, 0.6) is 0 Å². The number of thiophene rings is 1. The number of pyridine rings is 2. The number of aryl methyl sites for hydroxylation is 1. The van der Waals surface area contributed by atoms with E-state index in [4.69, 9.17) is 0 Å². The minimum atomic E-state index is -0.162. The van der Waals surface area contributed by atoms with Crippen LogP contribution in [0.1, 0.15) is 55.5 Å². The topological polar surface area (TPSA) is 16.1 Å². The molecule has 0 N–H and O–H groups in total. The van der Waals surface area contributed by atoms with Gasteiger partial charge in [-0.1, -0.05) is 88.4 Å². The molecule has 3 aliphatic rings. The van der Waals surface area contributed by atoms with E-state index >= 15 is 0 Å². The highest BCUT2D eigenvalue weighted by Crippen LogP contribution is 2.56. The minimum absolute atomic E-state index is 0.162. The Morgan fingerprint density at radius 3 is 2.02 bits per heavy atom. The second-order valence-corrected chi connectivity index (χ2v) is 21.3. The van der Waals surface area contributed by atoms with E-state index in [-0.39, 0.29) is 10.8 Å². The van der Waals surface area contributed by atoms with E-state index in [1.807, 2.05) is 11.3 Å². The number of rotatable bonds is 5. The van der Waals surface area contributed by atoms with Gasteiger partial charge in [0.1, 0.15) is 8.35 Å². The summed E-state index contributed by atoms with van der Waals surface area (Å²) in [6.07, 6.45) is 5.42. The average molecular weight is 861 g/mol. The fourth-order valence-electron chi connectivity index (χ4n) is 11.8. The van der Waals surface area contributed by atoms with E-state index in [0.717, 1.165) is 13.0 Å². The van der Waals surface area contributed by atoms with E-state index in [2.05, 4.69) is 216 Å². The molecule has 6 heteroatoms. The molecule has 0 aliphatic carbocycles. The van der Waals surface area contributed by atoms with Crippen LogP contribution in [0.2, 0.25) is 0 Å². The summed E-state index contributed by atoms with van der Waals surface area (Å²) in [5.74, 6) is 0. The molecule has 0 spiro atoms. The summed E-state index contributed by atoms with van der Waals surface area (Å²) in [7, 11) is 0.516.